The van der Waals surface area contributed by atoms with Gasteiger partial charge in [0.05, 0.1) is 19.8 Å². The first-order valence-electron chi connectivity index (χ1n) is 5.77. The van der Waals surface area contributed by atoms with E-state index in [0.717, 1.165) is 31.3 Å². The molecule has 0 spiro atoms. The lowest BCUT2D eigenvalue weighted by atomic mass is 10.3. The van der Waals surface area contributed by atoms with Crippen LogP contribution < -0.4 is 5.32 Å². The summed E-state index contributed by atoms with van der Waals surface area (Å²) in [5, 5.41) is 7.28. The third-order valence-corrected chi connectivity index (χ3v) is 3.77. The van der Waals surface area contributed by atoms with Gasteiger partial charge in [0.15, 0.2) is 0 Å². The molecule has 94 valence electrons. The molecule has 2 aliphatic heterocycles. The molecule has 2 unspecified atom stereocenters. The summed E-state index contributed by atoms with van der Waals surface area (Å²) in [6.45, 7) is 2.89. The van der Waals surface area contributed by atoms with Crippen LogP contribution in [0, 0.1) is 0 Å². The SMILES string of the molecule is C1COCC(c2nc(C3CSCCO3)no2)N1. The topological polar surface area (TPSA) is 69.4 Å². The second-order valence-corrected chi connectivity index (χ2v) is 5.16. The number of thioether (sulfide) groups is 1. The zero-order chi connectivity index (χ0) is 11.5. The maximum atomic E-state index is 5.61. The van der Waals surface area contributed by atoms with Crippen molar-refractivity contribution in [3.63, 3.8) is 0 Å². The molecule has 2 aliphatic rings. The van der Waals surface area contributed by atoms with Crippen molar-refractivity contribution in [1.29, 1.82) is 0 Å². The molecule has 3 rings (SSSR count). The van der Waals surface area contributed by atoms with Crippen LogP contribution in [-0.2, 0) is 9.47 Å². The Morgan fingerprint density at radius 2 is 2.35 bits per heavy atom. The summed E-state index contributed by atoms with van der Waals surface area (Å²) in [5.41, 5.74) is 0. The van der Waals surface area contributed by atoms with E-state index in [2.05, 4.69) is 15.5 Å². The van der Waals surface area contributed by atoms with Crippen LogP contribution in [-0.4, -0.2) is 48.0 Å². The molecule has 2 saturated heterocycles. The minimum atomic E-state index is -0.0317. The lowest BCUT2D eigenvalue weighted by molar-refractivity contribution is 0.0654. The first-order chi connectivity index (χ1) is 8.43. The highest BCUT2D eigenvalue weighted by Gasteiger charge is 2.26. The number of nitrogens with zero attached hydrogens (tertiary/aromatic N) is 2. The maximum Gasteiger partial charge on any atom is 0.246 e. The zero-order valence-corrected chi connectivity index (χ0v) is 10.2. The van der Waals surface area contributed by atoms with Gasteiger partial charge in [-0.25, -0.2) is 0 Å². The van der Waals surface area contributed by atoms with Crippen molar-refractivity contribution in [2.24, 2.45) is 0 Å². The fourth-order valence-corrected chi connectivity index (χ4v) is 2.72. The number of hydrogen-bond donors (Lipinski definition) is 1. The molecule has 0 radical (unpaired) electrons. The summed E-state index contributed by atoms with van der Waals surface area (Å²) >= 11 is 1.86. The van der Waals surface area contributed by atoms with E-state index in [-0.39, 0.29) is 12.1 Å². The van der Waals surface area contributed by atoms with Gasteiger partial charge in [-0.3, -0.25) is 0 Å². The van der Waals surface area contributed by atoms with E-state index < -0.39 is 0 Å². The zero-order valence-electron chi connectivity index (χ0n) is 9.42. The van der Waals surface area contributed by atoms with Crippen LogP contribution in [0.2, 0.25) is 0 Å². The van der Waals surface area contributed by atoms with Gasteiger partial charge in [-0.2, -0.15) is 16.7 Å². The lowest BCUT2D eigenvalue weighted by Gasteiger charge is -2.20. The number of nitrogens with one attached hydrogen (secondary N) is 1. The molecule has 2 fully saturated rings. The van der Waals surface area contributed by atoms with Crippen LogP contribution in [0.3, 0.4) is 0 Å². The van der Waals surface area contributed by atoms with E-state index >= 15 is 0 Å². The molecule has 1 N–H and O–H groups in total. The highest BCUT2D eigenvalue weighted by molar-refractivity contribution is 7.99. The van der Waals surface area contributed by atoms with E-state index in [1.54, 1.807) is 0 Å². The Bertz CT molecular complexity index is 329. The number of ether oxygens (including phenoxy) is 2. The summed E-state index contributed by atoms with van der Waals surface area (Å²) in [4.78, 5) is 4.40. The van der Waals surface area contributed by atoms with Crippen LogP contribution in [0.4, 0.5) is 0 Å². The summed E-state index contributed by atoms with van der Waals surface area (Å²) in [6, 6.07) is 0.0150. The number of hydrogen-bond acceptors (Lipinski definition) is 7. The molecular formula is C10H15N3O3S. The highest BCUT2D eigenvalue weighted by atomic mass is 32.2. The third kappa shape index (κ3) is 2.62. The monoisotopic (exact) mass is 257 g/mol. The van der Waals surface area contributed by atoms with Crippen molar-refractivity contribution in [3.05, 3.63) is 11.7 Å². The Balaban J connectivity index is 1.68. The molecule has 7 heteroatoms. The number of aromatic nitrogens is 2. The van der Waals surface area contributed by atoms with Gasteiger partial charge in [0.25, 0.3) is 0 Å². The van der Waals surface area contributed by atoms with E-state index in [1.165, 1.54) is 0 Å². The summed E-state index contributed by atoms with van der Waals surface area (Å²) in [5.74, 6) is 3.19. The van der Waals surface area contributed by atoms with Crippen LogP contribution in [0.15, 0.2) is 4.52 Å². The van der Waals surface area contributed by atoms with Crippen LogP contribution >= 0.6 is 11.8 Å². The molecule has 0 bridgehead atoms. The Hall–Kier alpha value is -0.630. The van der Waals surface area contributed by atoms with Crippen molar-refractivity contribution in [3.8, 4) is 0 Å². The van der Waals surface area contributed by atoms with Gasteiger partial charge in [-0.05, 0) is 0 Å². The Kier molecular flexibility index (Phi) is 3.60. The van der Waals surface area contributed by atoms with Crippen molar-refractivity contribution in [1.82, 2.24) is 15.5 Å². The Labute approximate surface area is 103 Å². The van der Waals surface area contributed by atoms with E-state index in [9.17, 15) is 0 Å². The van der Waals surface area contributed by atoms with Crippen molar-refractivity contribution < 1.29 is 14.0 Å². The van der Waals surface area contributed by atoms with Crippen molar-refractivity contribution in [2.75, 3.05) is 37.9 Å². The fraction of sp³-hybridized carbons (Fsp3) is 0.800. The Morgan fingerprint density at radius 1 is 1.35 bits per heavy atom. The fourth-order valence-electron chi connectivity index (χ4n) is 1.88. The summed E-state index contributed by atoms with van der Waals surface area (Å²) in [6.07, 6.45) is -0.0317. The van der Waals surface area contributed by atoms with Crippen LogP contribution in [0.5, 0.6) is 0 Å². The van der Waals surface area contributed by atoms with E-state index in [0.29, 0.717) is 18.3 Å². The standard InChI is InChI=1S/C10H15N3O3S/c1-2-14-5-7(11-1)10-12-9(13-16-10)8-6-17-4-3-15-8/h7-8,11H,1-6H2. The maximum absolute atomic E-state index is 5.61. The van der Waals surface area contributed by atoms with Crippen LogP contribution in [0.25, 0.3) is 0 Å². The Morgan fingerprint density at radius 3 is 3.12 bits per heavy atom. The highest BCUT2D eigenvalue weighted by Crippen LogP contribution is 2.25. The molecule has 0 amide bonds. The largest absolute Gasteiger partial charge is 0.378 e. The average molecular weight is 257 g/mol. The molecule has 0 saturated carbocycles. The second-order valence-electron chi connectivity index (χ2n) is 4.01. The van der Waals surface area contributed by atoms with Crippen LogP contribution in [0.1, 0.15) is 23.9 Å². The van der Waals surface area contributed by atoms with Gasteiger partial charge >= 0.3 is 0 Å². The summed E-state index contributed by atoms with van der Waals surface area (Å²) < 4.78 is 16.2. The molecule has 1 aromatic heterocycles. The third-order valence-electron chi connectivity index (χ3n) is 2.78. The van der Waals surface area contributed by atoms with Crippen molar-refractivity contribution >= 4 is 11.8 Å². The predicted octanol–water partition coefficient (Wildman–Crippen LogP) is 0.535. The first kappa shape index (κ1) is 11.5. The quantitative estimate of drug-likeness (QED) is 0.829. The molecular weight excluding hydrogens is 242 g/mol. The van der Waals surface area contributed by atoms with Gasteiger partial charge in [-0.1, -0.05) is 5.16 Å². The molecule has 17 heavy (non-hydrogen) atoms. The average Bonchev–Trinajstić information content (AvgIpc) is 2.90. The second kappa shape index (κ2) is 5.34. The molecule has 6 nitrogen and oxygen atoms in total. The molecule has 3 heterocycles. The molecule has 1 aromatic rings. The van der Waals surface area contributed by atoms with Gasteiger partial charge < -0.3 is 19.3 Å². The van der Waals surface area contributed by atoms with Gasteiger partial charge in [-0.15, -0.1) is 0 Å². The smallest absolute Gasteiger partial charge is 0.246 e. The predicted molar refractivity (Wildman–Crippen MR) is 61.9 cm³/mol. The minimum Gasteiger partial charge on any atom is -0.378 e. The molecule has 2 atom stereocenters. The van der Waals surface area contributed by atoms with Gasteiger partial charge in [0.2, 0.25) is 11.7 Å². The lowest BCUT2D eigenvalue weighted by Crippen LogP contribution is -2.34. The van der Waals surface area contributed by atoms with Gasteiger partial charge in [0, 0.05) is 18.1 Å². The number of rotatable bonds is 2. The summed E-state index contributed by atoms with van der Waals surface area (Å²) in [7, 11) is 0. The number of morpholine rings is 1. The van der Waals surface area contributed by atoms with Crippen molar-refractivity contribution in [2.45, 2.75) is 12.1 Å². The van der Waals surface area contributed by atoms with Gasteiger partial charge in [0.1, 0.15) is 12.1 Å². The van der Waals surface area contributed by atoms with E-state index in [1.807, 2.05) is 11.8 Å². The normalized spacial score (nSPS) is 30.4. The molecule has 0 aliphatic carbocycles. The molecule has 0 aromatic carbocycles. The van der Waals surface area contributed by atoms with E-state index in [4.69, 9.17) is 14.0 Å². The minimum absolute atomic E-state index is 0.0150. The first-order valence-corrected chi connectivity index (χ1v) is 6.93.